The molecule has 0 spiro atoms. The highest BCUT2D eigenvalue weighted by Crippen LogP contribution is 2.29. The summed E-state index contributed by atoms with van der Waals surface area (Å²) >= 11 is 0. The summed E-state index contributed by atoms with van der Waals surface area (Å²) < 4.78 is 0. The summed E-state index contributed by atoms with van der Waals surface area (Å²) in [6.45, 7) is 9.82. The zero-order valence-electron chi connectivity index (χ0n) is 12.7. The van der Waals surface area contributed by atoms with Crippen molar-refractivity contribution in [3.8, 4) is 0 Å². The topological polar surface area (TPSA) is 29.3 Å². The van der Waals surface area contributed by atoms with Crippen LogP contribution in [0.25, 0.3) is 0 Å². The summed E-state index contributed by atoms with van der Waals surface area (Å²) in [7, 11) is 0. The molecule has 0 saturated carbocycles. The van der Waals surface area contributed by atoms with Gasteiger partial charge in [0.1, 0.15) is 0 Å². The monoisotopic (exact) mass is 260 g/mol. The van der Waals surface area contributed by atoms with Crippen LogP contribution in [-0.4, -0.2) is 24.5 Å². The molecule has 0 aromatic heterocycles. The van der Waals surface area contributed by atoms with E-state index in [4.69, 9.17) is 5.73 Å². The Balaban J connectivity index is 2.21. The fraction of sp³-hybridized carbons (Fsp3) is 0.647. The van der Waals surface area contributed by atoms with Crippen LogP contribution in [0, 0.1) is 19.8 Å². The Bertz CT molecular complexity index is 414. The van der Waals surface area contributed by atoms with E-state index in [9.17, 15) is 0 Å². The third-order valence-corrected chi connectivity index (χ3v) is 4.59. The number of rotatable bonds is 4. The number of hydrogen-bond donors (Lipinski definition) is 1. The van der Waals surface area contributed by atoms with Crippen LogP contribution in [0.4, 0.5) is 0 Å². The van der Waals surface area contributed by atoms with Crippen LogP contribution >= 0.6 is 0 Å². The lowest BCUT2D eigenvalue weighted by Gasteiger charge is -2.38. The molecule has 1 aliphatic rings. The Labute approximate surface area is 118 Å². The molecule has 2 heteroatoms. The fourth-order valence-electron chi connectivity index (χ4n) is 3.31. The molecule has 106 valence electrons. The number of benzene rings is 1. The number of hydrogen-bond acceptors (Lipinski definition) is 2. The lowest BCUT2D eigenvalue weighted by molar-refractivity contribution is 0.124. The van der Waals surface area contributed by atoms with Crippen LogP contribution in [0.5, 0.6) is 0 Å². The van der Waals surface area contributed by atoms with Gasteiger partial charge in [-0.05, 0) is 50.3 Å². The van der Waals surface area contributed by atoms with Crippen LogP contribution < -0.4 is 5.73 Å². The summed E-state index contributed by atoms with van der Waals surface area (Å²) in [5, 5.41) is 0. The van der Waals surface area contributed by atoms with Gasteiger partial charge >= 0.3 is 0 Å². The maximum Gasteiger partial charge on any atom is 0.0473 e. The van der Waals surface area contributed by atoms with Crippen LogP contribution in [0.1, 0.15) is 48.9 Å². The zero-order chi connectivity index (χ0) is 13.8. The normalized spacial score (nSPS) is 22.4. The van der Waals surface area contributed by atoms with Crippen LogP contribution in [0.3, 0.4) is 0 Å². The van der Waals surface area contributed by atoms with Gasteiger partial charge in [0, 0.05) is 19.1 Å². The van der Waals surface area contributed by atoms with Crippen molar-refractivity contribution in [2.24, 2.45) is 11.7 Å². The number of likely N-dealkylation sites (tertiary alicyclic amines) is 1. The van der Waals surface area contributed by atoms with Gasteiger partial charge in [0.05, 0.1) is 0 Å². The second-order valence-corrected chi connectivity index (χ2v) is 6.02. The zero-order valence-corrected chi connectivity index (χ0v) is 12.7. The van der Waals surface area contributed by atoms with Gasteiger partial charge in [-0.25, -0.2) is 0 Å². The first kappa shape index (κ1) is 14.5. The molecule has 1 aromatic rings. The third-order valence-electron chi connectivity index (χ3n) is 4.59. The molecule has 0 bridgehead atoms. The highest BCUT2D eigenvalue weighted by atomic mass is 15.2. The summed E-state index contributed by atoms with van der Waals surface area (Å²) in [4.78, 5) is 2.61. The molecule has 0 aliphatic carbocycles. The molecular formula is C17H28N2. The molecule has 1 saturated heterocycles. The minimum absolute atomic E-state index is 0.397. The van der Waals surface area contributed by atoms with Gasteiger partial charge in [0.25, 0.3) is 0 Å². The molecule has 19 heavy (non-hydrogen) atoms. The van der Waals surface area contributed by atoms with Crippen LogP contribution in [0.15, 0.2) is 18.2 Å². The quantitative estimate of drug-likeness (QED) is 0.898. The van der Waals surface area contributed by atoms with E-state index in [1.54, 1.807) is 0 Å². The van der Waals surface area contributed by atoms with Gasteiger partial charge in [-0.2, -0.15) is 0 Å². The third kappa shape index (κ3) is 3.37. The summed E-state index contributed by atoms with van der Waals surface area (Å²) in [6, 6.07) is 7.14. The number of aryl methyl sites for hydroxylation is 2. The van der Waals surface area contributed by atoms with E-state index in [0.29, 0.717) is 6.04 Å². The van der Waals surface area contributed by atoms with Crippen molar-refractivity contribution in [1.82, 2.24) is 4.90 Å². The van der Waals surface area contributed by atoms with Crippen molar-refractivity contribution < 1.29 is 0 Å². The van der Waals surface area contributed by atoms with E-state index >= 15 is 0 Å². The minimum Gasteiger partial charge on any atom is -0.329 e. The van der Waals surface area contributed by atoms with Crippen molar-refractivity contribution >= 4 is 0 Å². The fourth-order valence-corrected chi connectivity index (χ4v) is 3.31. The van der Waals surface area contributed by atoms with E-state index in [1.807, 2.05) is 0 Å². The van der Waals surface area contributed by atoms with Crippen molar-refractivity contribution in [2.45, 2.75) is 46.1 Å². The first-order valence-corrected chi connectivity index (χ1v) is 7.67. The molecule has 2 N–H and O–H groups in total. The van der Waals surface area contributed by atoms with Crippen molar-refractivity contribution in [2.75, 3.05) is 19.6 Å². The molecule has 1 heterocycles. The lowest BCUT2D eigenvalue weighted by atomic mass is 9.91. The number of piperidine rings is 1. The summed E-state index contributed by atoms with van der Waals surface area (Å²) in [6.07, 6.45) is 4.00. The number of nitrogens with two attached hydrogens (primary N) is 1. The molecule has 1 aromatic carbocycles. The van der Waals surface area contributed by atoms with E-state index in [-0.39, 0.29) is 0 Å². The molecule has 2 rings (SSSR count). The maximum absolute atomic E-state index is 6.10. The Morgan fingerprint density at radius 2 is 2.16 bits per heavy atom. The van der Waals surface area contributed by atoms with Crippen molar-refractivity contribution in [3.05, 3.63) is 34.9 Å². The first-order chi connectivity index (χ1) is 9.15. The maximum atomic E-state index is 6.10. The number of nitrogens with zero attached hydrogens (tertiary/aromatic N) is 1. The van der Waals surface area contributed by atoms with E-state index < -0.39 is 0 Å². The van der Waals surface area contributed by atoms with Crippen LogP contribution in [0.2, 0.25) is 0 Å². The minimum atomic E-state index is 0.397. The molecular weight excluding hydrogens is 232 g/mol. The Hall–Kier alpha value is -0.860. The Morgan fingerprint density at radius 3 is 2.84 bits per heavy atom. The van der Waals surface area contributed by atoms with E-state index in [0.717, 1.165) is 12.5 Å². The van der Waals surface area contributed by atoms with Gasteiger partial charge in [0.2, 0.25) is 0 Å². The predicted octanol–water partition coefficient (Wildman–Crippen LogP) is 3.43. The lowest BCUT2D eigenvalue weighted by Crippen LogP contribution is -2.41. The summed E-state index contributed by atoms with van der Waals surface area (Å²) in [5.74, 6) is 0.855. The van der Waals surface area contributed by atoms with Gasteiger partial charge in [0.15, 0.2) is 0 Å². The second kappa shape index (κ2) is 6.53. The predicted molar refractivity (Wildman–Crippen MR) is 82.3 cm³/mol. The largest absolute Gasteiger partial charge is 0.329 e. The van der Waals surface area contributed by atoms with Gasteiger partial charge in [-0.3, -0.25) is 4.90 Å². The van der Waals surface area contributed by atoms with E-state index in [1.165, 1.54) is 49.0 Å². The molecule has 2 unspecified atom stereocenters. The highest BCUT2D eigenvalue weighted by molar-refractivity contribution is 5.33. The summed E-state index contributed by atoms with van der Waals surface area (Å²) in [5.41, 5.74) is 10.2. The second-order valence-electron chi connectivity index (χ2n) is 6.02. The van der Waals surface area contributed by atoms with Crippen molar-refractivity contribution in [1.29, 1.82) is 0 Å². The smallest absolute Gasteiger partial charge is 0.0473 e. The molecule has 2 atom stereocenters. The highest BCUT2D eigenvalue weighted by Gasteiger charge is 2.26. The van der Waals surface area contributed by atoms with Crippen LogP contribution in [-0.2, 0) is 0 Å². The molecule has 1 fully saturated rings. The van der Waals surface area contributed by atoms with E-state index in [2.05, 4.69) is 43.9 Å². The Kier molecular flexibility index (Phi) is 5.00. The molecule has 0 amide bonds. The Morgan fingerprint density at radius 1 is 1.37 bits per heavy atom. The first-order valence-electron chi connectivity index (χ1n) is 7.67. The van der Waals surface area contributed by atoms with Gasteiger partial charge in [-0.1, -0.05) is 37.1 Å². The average Bonchev–Trinajstić information content (AvgIpc) is 2.44. The molecule has 0 radical (unpaired) electrons. The van der Waals surface area contributed by atoms with Gasteiger partial charge in [-0.15, -0.1) is 0 Å². The van der Waals surface area contributed by atoms with Gasteiger partial charge < -0.3 is 5.73 Å². The standard InChI is InChI=1S/C17H28N2/c1-4-15-6-5-9-19(12-15)17(11-18)16-10-13(2)7-8-14(16)3/h7-8,10,15,17H,4-6,9,11-12,18H2,1-3H3. The van der Waals surface area contributed by atoms with Crippen molar-refractivity contribution in [3.63, 3.8) is 0 Å². The molecule has 2 nitrogen and oxygen atoms in total. The average molecular weight is 260 g/mol. The SMILES string of the molecule is CCC1CCCN(C(CN)c2cc(C)ccc2C)C1. The molecule has 1 aliphatic heterocycles.